The highest BCUT2D eigenvalue weighted by molar-refractivity contribution is 5.95. The van der Waals surface area contributed by atoms with Gasteiger partial charge in [-0.15, -0.1) is 0 Å². The number of methoxy groups -OCH3 is 1. The number of carbonyl (C=O) groups excluding carboxylic acids is 1. The summed E-state index contributed by atoms with van der Waals surface area (Å²) in [5, 5.41) is 10.0. The lowest BCUT2D eigenvalue weighted by molar-refractivity contribution is -0.119. The number of aromatic nitrogens is 2. The van der Waals surface area contributed by atoms with Gasteiger partial charge >= 0.3 is 6.61 Å². The number of hydrogen-bond donors (Lipinski definition) is 2. The van der Waals surface area contributed by atoms with Gasteiger partial charge in [0.2, 0.25) is 5.91 Å². The van der Waals surface area contributed by atoms with Gasteiger partial charge in [0, 0.05) is 38.3 Å². The summed E-state index contributed by atoms with van der Waals surface area (Å²) in [6, 6.07) is 4.28. The van der Waals surface area contributed by atoms with Crippen LogP contribution < -0.4 is 20.1 Å². The van der Waals surface area contributed by atoms with Crippen molar-refractivity contribution >= 4 is 11.6 Å². The molecule has 140 valence electrons. The molecule has 0 saturated carbocycles. The first-order valence-electron chi connectivity index (χ1n) is 8.11. The van der Waals surface area contributed by atoms with Gasteiger partial charge in [-0.2, -0.15) is 13.9 Å². The minimum Gasteiger partial charge on any atom is -0.497 e. The van der Waals surface area contributed by atoms with Crippen LogP contribution in [0.15, 0.2) is 30.6 Å². The Morgan fingerprint density at radius 3 is 2.88 bits per heavy atom. The summed E-state index contributed by atoms with van der Waals surface area (Å²) in [5.74, 6) is -0.372. The summed E-state index contributed by atoms with van der Waals surface area (Å²) >= 11 is 0. The molecule has 1 aliphatic rings. The summed E-state index contributed by atoms with van der Waals surface area (Å²) in [5.41, 5.74) is 1.10. The molecule has 0 spiro atoms. The van der Waals surface area contributed by atoms with Crippen molar-refractivity contribution in [1.29, 1.82) is 0 Å². The first-order chi connectivity index (χ1) is 12.5. The molecule has 2 N–H and O–H groups in total. The van der Waals surface area contributed by atoms with Gasteiger partial charge in [0.05, 0.1) is 24.9 Å². The van der Waals surface area contributed by atoms with E-state index >= 15 is 0 Å². The maximum atomic E-state index is 12.8. The molecule has 1 aromatic heterocycles. The number of anilines is 1. The van der Waals surface area contributed by atoms with Crippen LogP contribution in [0.2, 0.25) is 0 Å². The number of halogens is 2. The molecule has 0 radical (unpaired) electrons. The van der Waals surface area contributed by atoms with Gasteiger partial charge in [-0.1, -0.05) is 0 Å². The van der Waals surface area contributed by atoms with E-state index in [-0.39, 0.29) is 29.2 Å². The second-order valence-corrected chi connectivity index (χ2v) is 6.05. The van der Waals surface area contributed by atoms with E-state index in [0.29, 0.717) is 18.8 Å². The highest BCUT2D eigenvalue weighted by Gasteiger charge is 2.35. The molecule has 2 heterocycles. The third-order valence-corrected chi connectivity index (χ3v) is 4.36. The number of carbonyl (C=O) groups is 1. The first-order valence-corrected chi connectivity index (χ1v) is 8.11. The monoisotopic (exact) mass is 366 g/mol. The number of alkyl halides is 2. The standard InChI is InChI=1S/C17H20F2N4O3/c1-23-9-10(6-21-23)12-7-20-8-13(12)16(24)22-14-5-11(25-2)3-4-15(14)26-17(18)19/h3-6,9,12-13,17,20H,7-8H2,1-2H3,(H,22,24)/t12-,13+/m1/s1. The van der Waals surface area contributed by atoms with Crippen molar-refractivity contribution in [3.8, 4) is 11.5 Å². The molecule has 1 saturated heterocycles. The number of rotatable bonds is 6. The average Bonchev–Trinajstić information content (AvgIpc) is 3.24. The van der Waals surface area contributed by atoms with Crippen molar-refractivity contribution in [3.63, 3.8) is 0 Å². The predicted octanol–water partition coefficient (Wildman–Crippen LogP) is 1.97. The highest BCUT2D eigenvalue weighted by atomic mass is 19.3. The van der Waals surface area contributed by atoms with Gasteiger partial charge in [0.15, 0.2) is 0 Å². The Hall–Kier alpha value is -2.68. The Morgan fingerprint density at radius 2 is 2.23 bits per heavy atom. The Labute approximate surface area is 149 Å². The molecule has 2 atom stereocenters. The fourth-order valence-corrected chi connectivity index (χ4v) is 3.09. The minimum atomic E-state index is -2.99. The second kappa shape index (κ2) is 7.69. The molecule has 9 heteroatoms. The molecule has 26 heavy (non-hydrogen) atoms. The molecule has 1 aliphatic heterocycles. The fourth-order valence-electron chi connectivity index (χ4n) is 3.09. The Bertz CT molecular complexity index is 781. The Balaban J connectivity index is 1.80. The van der Waals surface area contributed by atoms with E-state index in [1.165, 1.54) is 25.3 Å². The van der Waals surface area contributed by atoms with Crippen LogP contribution in [0.3, 0.4) is 0 Å². The number of amides is 1. The molecular formula is C17H20F2N4O3. The summed E-state index contributed by atoms with van der Waals surface area (Å²) in [6.45, 7) is -1.86. The summed E-state index contributed by atoms with van der Waals surface area (Å²) in [7, 11) is 3.26. The number of nitrogens with one attached hydrogen (secondary N) is 2. The minimum absolute atomic E-state index is 0.0474. The molecule has 7 nitrogen and oxygen atoms in total. The smallest absolute Gasteiger partial charge is 0.387 e. The SMILES string of the molecule is COc1ccc(OC(F)F)c(NC(=O)[C@H]2CNC[C@@H]2c2cnn(C)c2)c1. The van der Waals surface area contributed by atoms with Gasteiger partial charge in [0.25, 0.3) is 0 Å². The molecular weight excluding hydrogens is 346 g/mol. The molecule has 3 rings (SSSR count). The lowest BCUT2D eigenvalue weighted by Gasteiger charge is -2.19. The number of nitrogens with zero attached hydrogens (tertiary/aromatic N) is 2. The van der Waals surface area contributed by atoms with Crippen LogP contribution in [0.25, 0.3) is 0 Å². The number of ether oxygens (including phenoxy) is 2. The average molecular weight is 366 g/mol. The summed E-state index contributed by atoms with van der Waals surface area (Å²) < 4.78 is 36.5. The van der Waals surface area contributed by atoms with Gasteiger partial charge in [-0.05, 0) is 17.7 Å². The van der Waals surface area contributed by atoms with Crippen LogP contribution in [-0.4, -0.2) is 42.5 Å². The first kappa shape index (κ1) is 18.1. The second-order valence-electron chi connectivity index (χ2n) is 6.05. The molecule has 1 fully saturated rings. The van der Waals surface area contributed by atoms with E-state index < -0.39 is 6.61 Å². The van der Waals surface area contributed by atoms with E-state index in [1.807, 2.05) is 13.2 Å². The van der Waals surface area contributed by atoms with Crippen LogP contribution in [-0.2, 0) is 11.8 Å². The topological polar surface area (TPSA) is 77.4 Å². The zero-order valence-electron chi connectivity index (χ0n) is 14.4. The molecule has 0 aliphatic carbocycles. The van der Waals surface area contributed by atoms with Crippen LogP contribution in [0.4, 0.5) is 14.5 Å². The highest BCUT2D eigenvalue weighted by Crippen LogP contribution is 2.33. The van der Waals surface area contributed by atoms with Crippen molar-refractivity contribution in [2.75, 3.05) is 25.5 Å². The third kappa shape index (κ3) is 3.93. The van der Waals surface area contributed by atoms with Crippen molar-refractivity contribution in [1.82, 2.24) is 15.1 Å². The Morgan fingerprint density at radius 1 is 1.42 bits per heavy atom. The zero-order valence-corrected chi connectivity index (χ0v) is 14.4. The fraction of sp³-hybridized carbons (Fsp3) is 0.412. The lowest BCUT2D eigenvalue weighted by atomic mass is 9.90. The van der Waals surface area contributed by atoms with Crippen molar-refractivity contribution in [2.45, 2.75) is 12.5 Å². The van der Waals surface area contributed by atoms with Crippen molar-refractivity contribution < 1.29 is 23.0 Å². The predicted molar refractivity (Wildman–Crippen MR) is 90.6 cm³/mol. The van der Waals surface area contributed by atoms with Gasteiger partial charge in [0.1, 0.15) is 11.5 Å². The van der Waals surface area contributed by atoms with Gasteiger partial charge < -0.3 is 20.1 Å². The molecule has 1 amide bonds. The molecule has 2 aromatic rings. The molecule has 0 bridgehead atoms. The van der Waals surface area contributed by atoms with Crippen molar-refractivity contribution in [2.24, 2.45) is 13.0 Å². The van der Waals surface area contributed by atoms with Crippen LogP contribution in [0, 0.1) is 5.92 Å². The zero-order chi connectivity index (χ0) is 18.7. The summed E-state index contributed by atoms with van der Waals surface area (Å²) in [6.07, 6.45) is 3.60. The van der Waals surface area contributed by atoms with E-state index in [9.17, 15) is 13.6 Å². The van der Waals surface area contributed by atoms with Crippen LogP contribution >= 0.6 is 0 Å². The largest absolute Gasteiger partial charge is 0.497 e. The van der Waals surface area contributed by atoms with Gasteiger partial charge in [-0.3, -0.25) is 9.48 Å². The Kier molecular flexibility index (Phi) is 5.36. The maximum absolute atomic E-state index is 12.8. The molecule has 1 aromatic carbocycles. The lowest BCUT2D eigenvalue weighted by Crippen LogP contribution is -2.28. The summed E-state index contributed by atoms with van der Waals surface area (Å²) in [4.78, 5) is 12.8. The van der Waals surface area contributed by atoms with E-state index in [0.717, 1.165) is 5.56 Å². The molecule has 0 unspecified atom stereocenters. The van der Waals surface area contributed by atoms with E-state index in [4.69, 9.17) is 4.74 Å². The third-order valence-electron chi connectivity index (χ3n) is 4.36. The van der Waals surface area contributed by atoms with Crippen LogP contribution in [0.1, 0.15) is 11.5 Å². The number of hydrogen-bond acceptors (Lipinski definition) is 5. The number of aryl methyl sites for hydroxylation is 1. The van der Waals surface area contributed by atoms with E-state index in [1.54, 1.807) is 10.9 Å². The normalized spacial score (nSPS) is 19.6. The van der Waals surface area contributed by atoms with E-state index in [2.05, 4.69) is 20.5 Å². The maximum Gasteiger partial charge on any atom is 0.387 e. The van der Waals surface area contributed by atoms with Crippen molar-refractivity contribution in [3.05, 3.63) is 36.2 Å². The number of benzene rings is 1. The van der Waals surface area contributed by atoms with Gasteiger partial charge in [-0.25, -0.2) is 0 Å². The van der Waals surface area contributed by atoms with Crippen LogP contribution in [0.5, 0.6) is 11.5 Å². The quantitative estimate of drug-likeness (QED) is 0.817.